The lowest BCUT2D eigenvalue weighted by Crippen LogP contribution is -2.54. The number of hydrogen-bond acceptors (Lipinski definition) is 6. The molecule has 2 unspecified atom stereocenters. The zero-order chi connectivity index (χ0) is 19.6. The summed E-state index contributed by atoms with van der Waals surface area (Å²) in [5, 5.41) is 20.5. The molecule has 0 saturated carbocycles. The maximum absolute atomic E-state index is 13.4. The van der Waals surface area contributed by atoms with Crippen LogP contribution in [-0.4, -0.2) is 52.9 Å². The van der Waals surface area contributed by atoms with E-state index < -0.39 is 30.7 Å². The number of piperidine rings is 1. The van der Waals surface area contributed by atoms with E-state index in [1.54, 1.807) is 6.07 Å². The molecule has 0 bridgehead atoms. The van der Waals surface area contributed by atoms with Crippen molar-refractivity contribution in [2.45, 2.75) is 18.6 Å². The summed E-state index contributed by atoms with van der Waals surface area (Å²) in [5.41, 5.74) is 1.32. The summed E-state index contributed by atoms with van der Waals surface area (Å²) in [4.78, 5) is 21.3. The average Bonchev–Trinajstić information content (AvgIpc) is 2.66. The second kappa shape index (κ2) is 7.36. The Hall–Kier alpha value is -2.93. The molecule has 7 nitrogen and oxygen atoms in total. The maximum Gasteiger partial charge on any atom is 0.393 e. The van der Waals surface area contributed by atoms with Crippen molar-refractivity contribution in [3.8, 4) is 6.07 Å². The number of halogens is 3. The number of aromatic nitrogens is 2. The molecule has 0 spiro atoms. The first-order valence-electron chi connectivity index (χ1n) is 8.19. The largest absolute Gasteiger partial charge is 0.393 e. The molecule has 10 heteroatoms. The third kappa shape index (κ3) is 3.93. The van der Waals surface area contributed by atoms with E-state index in [2.05, 4.69) is 15.3 Å². The monoisotopic (exact) mass is 379 g/mol. The second-order valence-corrected chi connectivity index (χ2v) is 6.30. The van der Waals surface area contributed by atoms with Crippen LogP contribution in [0, 0.1) is 17.2 Å². The van der Waals surface area contributed by atoms with Crippen LogP contribution >= 0.6 is 0 Å². The lowest BCUT2D eigenvalue weighted by atomic mass is 9.92. The number of nitriles is 1. The van der Waals surface area contributed by atoms with E-state index in [0.29, 0.717) is 16.7 Å². The number of nitrogens with one attached hydrogen (secondary N) is 1. The normalized spacial score (nSPS) is 20.3. The van der Waals surface area contributed by atoms with Gasteiger partial charge in [-0.05, 0) is 18.6 Å². The van der Waals surface area contributed by atoms with Gasteiger partial charge in [0.1, 0.15) is 23.7 Å². The van der Waals surface area contributed by atoms with Crippen LogP contribution in [0.5, 0.6) is 0 Å². The lowest BCUT2D eigenvalue weighted by molar-refractivity contribution is -0.178. The molecule has 1 aliphatic rings. The Balaban J connectivity index is 2.00. The third-order valence-corrected chi connectivity index (χ3v) is 4.49. The number of aliphatic hydroxyl groups excluding tert-OH is 1. The van der Waals surface area contributed by atoms with Gasteiger partial charge in [-0.1, -0.05) is 0 Å². The third-order valence-electron chi connectivity index (χ3n) is 4.49. The Kier molecular flexibility index (Phi) is 5.14. The standard InChI is InChI=1S/C17H16F3N5O2/c18-17(19,20)11-5-12(24-14(27)9-26)8-25(7-11)13-2-1-10(6-21)15-16(13)23-4-3-22-15/h1-4,11-12,26H,5,7-9H2,(H,24,27). The van der Waals surface area contributed by atoms with Gasteiger partial charge in [0, 0.05) is 31.5 Å². The zero-order valence-corrected chi connectivity index (χ0v) is 14.1. The topological polar surface area (TPSA) is 102 Å². The first-order chi connectivity index (χ1) is 12.8. The number of hydrogen-bond donors (Lipinski definition) is 2. The van der Waals surface area contributed by atoms with E-state index in [1.165, 1.54) is 23.4 Å². The Bertz CT molecular complexity index is 896. The Labute approximate surface area is 152 Å². The van der Waals surface area contributed by atoms with Crippen LogP contribution in [0.1, 0.15) is 12.0 Å². The molecule has 27 heavy (non-hydrogen) atoms. The van der Waals surface area contributed by atoms with E-state index >= 15 is 0 Å². The maximum atomic E-state index is 13.4. The molecular weight excluding hydrogens is 363 g/mol. The van der Waals surface area contributed by atoms with Crippen LogP contribution < -0.4 is 10.2 Å². The SMILES string of the molecule is N#Cc1ccc(N2CC(NC(=O)CO)CC(C(F)(F)F)C2)c2nccnc12. The minimum Gasteiger partial charge on any atom is -0.387 e. The highest BCUT2D eigenvalue weighted by Gasteiger charge is 2.45. The van der Waals surface area contributed by atoms with Gasteiger partial charge in [-0.3, -0.25) is 14.8 Å². The van der Waals surface area contributed by atoms with Gasteiger partial charge in [0.2, 0.25) is 5.91 Å². The molecule has 2 aromatic rings. The number of carbonyl (C=O) groups excluding carboxylic acids is 1. The molecule has 1 aliphatic heterocycles. The Morgan fingerprint density at radius 3 is 2.63 bits per heavy atom. The highest BCUT2D eigenvalue weighted by molar-refractivity contribution is 5.92. The van der Waals surface area contributed by atoms with Crippen molar-refractivity contribution in [1.82, 2.24) is 15.3 Å². The first-order valence-corrected chi connectivity index (χ1v) is 8.19. The van der Waals surface area contributed by atoms with Crippen LogP contribution in [-0.2, 0) is 4.79 Å². The Morgan fingerprint density at radius 1 is 1.30 bits per heavy atom. The molecule has 1 aromatic heterocycles. The van der Waals surface area contributed by atoms with Crippen LogP contribution in [0.3, 0.4) is 0 Å². The van der Waals surface area contributed by atoms with Crippen molar-refractivity contribution in [3.05, 3.63) is 30.1 Å². The molecule has 0 radical (unpaired) electrons. The summed E-state index contributed by atoms with van der Waals surface area (Å²) in [7, 11) is 0. The Morgan fingerprint density at radius 2 is 2.00 bits per heavy atom. The summed E-state index contributed by atoms with van der Waals surface area (Å²) in [6, 6.07) is 4.24. The van der Waals surface area contributed by atoms with E-state index in [9.17, 15) is 23.2 Å². The molecule has 1 amide bonds. The molecule has 1 aromatic carbocycles. The number of aliphatic hydroxyl groups is 1. The van der Waals surface area contributed by atoms with E-state index in [4.69, 9.17) is 5.11 Å². The summed E-state index contributed by atoms with van der Waals surface area (Å²) in [5.74, 6) is -2.38. The smallest absolute Gasteiger partial charge is 0.387 e. The molecular formula is C17H16F3N5O2. The van der Waals surface area contributed by atoms with Gasteiger partial charge >= 0.3 is 6.18 Å². The summed E-state index contributed by atoms with van der Waals surface area (Å²) >= 11 is 0. The summed E-state index contributed by atoms with van der Waals surface area (Å²) in [6.45, 7) is -0.971. The number of amides is 1. The number of carbonyl (C=O) groups is 1. The number of anilines is 1. The van der Waals surface area contributed by atoms with Crippen molar-refractivity contribution in [1.29, 1.82) is 5.26 Å². The van der Waals surface area contributed by atoms with Gasteiger partial charge in [0.05, 0.1) is 17.2 Å². The van der Waals surface area contributed by atoms with Crippen LogP contribution in [0.25, 0.3) is 11.0 Å². The van der Waals surface area contributed by atoms with Gasteiger partial charge in [-0.25, -0.2) is 0 Å². The van der Waals surface area contributed by atoms with Crippen molar-refractivity contribution < 1.29 is 23.1 Å². The predicted molar refractivity (Wildman–Crippen MR) is 89.6 cm³/mol. The molecule has 1 saturated heterocycles. The number of nitrogens with zero attached hydrogens (tertiary/aromatic N) is 4. The van der Waals surface area contributed by atoms with Gasteiger partial charge < -0.3 is 15.3 Å². The fourth-order valence-electron chi connectivity index (χ4n) is 3.30. The van der Waals surface area contributed by atoms with Crippen LogP contribution in [0.2, 0.25) is 0 Å². The van der Waals surface area contributed by atoms with Gasteiger partial charge in [0.25, 0.3) is 0 Å². The van der Waals surface area contributed by atoms with Crippen molar-refractivity contribution in [3.63, 3.8) is 0 Å². The average molecular weight is 379 g/mol. The van der Waals surface area contributed by atoms with E-state index in [-0.39, 0.29) is 25.1 Å². The highest BCUT2D eigenvalue weighted by atomic mass is 19.4. The van der Waals surface area contributed by atoms with E-state index in [0.717, 1.165) is 0 Å². The zero-order valence-electron chi connectivity index (χ0n) is 14.1. The minimum atomic E-state index is -4.44. The fourth-order valence-corrected chi connectivity index (χ4v) is 3.30. The highest BCUT2D eigenvalue weighted by Crippen LogP contribution is 2.36. The molecule has 2 heterocycles. The molecule has 3 rings (SSSR count). The number of fused-ring (bicyclic) bond motifs is 1. The first kappa shape index (κ1) is 18.8. The molecule has 0 aliphatic carbocycles. The number of benzene rings is 1. The van der Waals surface area contributed by atoms with Gasteiger partial charge in [-0.2, -0.15) is 18.4 Å². The predicted octanol–water partition coefficient (Wildman–Crippen LogP) is 1.37. The molecule has 1 fully saturated rings. The quantitative estimate of drug-likeness (QED) is 0.835. The second-order valence-electron chi connectivity index (χ2n) is 6.30. The molecule has 2 N–H and O–H groups in total. The van der Waals surface area contributed by atoms with Crippen molar-refractivity contribution in [2.24, 2.45) is 5.92 Å². The summed E-state index contributed by atoms with van der Waals surface area (Å²) < 4.78 is 40.2. The van der Waals surface area contributed by atoms with Crippen LogP contribution in [0.15, 0.2) is 24.5 Å². The molecule has 2 atom stereocenters. The van der Waals surface area contributed by atoms with Crippen LogP contribution in [0.4, 0.5) is 18.9 Å². The molecule has 142 valence electrons. The number of alkyl halides is 3. The van der Waals surface area contributed by atoms with Gasteiger partial charge in [-0.15, -0.1) is 0 Å². The number of rotatable bonds is 3. The lowest BCUT2D eigenvalue weighted by Gasteiger charge is -2.40. The van der Waals surface area contributed by atoms with Crippen molar-refractivity contribution in [2.75, 3.05) is 24.6 Å². The van der Waals surface area contributed by atoms with Crippen molar-refractivity contribution >= 4 is 22.6 Å². The van der Waals surface area contributed by atoms with E-state index in [1.807, 2.05) is 6.07 Å². The van der Waals surface area contributed by atoms with Gasteiger partial charge in [0.15, 0.2) is 0 Å². The summed E-state index contributed by atoms with van der Waals surface area (Å²) in [6.07, 6.45) is -1.89. The fraction of sp³-hybridized carbons (Fsp3) is 0.412. The minimum absolute atomic E-state index is 0.121.